The number of nitrogens with zero attached hydrogens (tertiary/aromatic N) is 3. The number of hydrogen-bond donors (Lipinski definition) is 1. The number of carbonyl (C=O) groups excluding carboxylic acids is 1. The zero-order chi connectivity index (χ0) is 22.6. The second-order valence-electron chi connectivity index (χ2n) is 7.41. The van der Waals surface area contributed by atoms with Crippen LogP contribution in [0.25, 0.3) is 5.69 Å². The summed E-state index contributed by atoms with van der Waals surface area (Å²) < 4.78 is 42.6. The molecule has 0 amide bonds. The van der Waals surface area contributed by atoms with Crippen molar-refractivity contribution in [2.75, 3.05) is 11.5 Å². The quantitative estimate of drug-likeness (QED) is 0.563. The van der Waals surface area contributed by atoms with Crippen molar-refractivity contribution in [3.05, 3.63) is 62.9 Å². The van der Waals surface area contributed by atoms with Gasteiger partial charge in [-0.3, -0.25) is 9.52 Å². The van der Waals surface area contributed by atoms with Gasteiger partial charge in [-0.25, -0.2) is 31.9 Å². The van der Waals surface area contributed by atoms with Crippen LogP contribution in [0.1, 0.15) is 23.7 Å². The molecule has 0 spiro atoms. The smallest absolute Gasteiger partial charge is 0.351 e. The van der Waals surface area contributed by atoms with Crippen LogP contribution in [-0.4, -0.2) is 34.9 Å². The van der Waals surface area contributed by atoms with E-state index in [0.29, 0.717) is 24.6 Å². The third-order valence-electron chi connectivity index (χ3n) is 5.40. The Hall–Kier alpha value is -3.80. The van der Waals surface area contributed by atoms with Gasteiger partial charge in [0.25, 0.3) is 10.0 Å². The third kappa shape index (κ3) is 3.11. The number of ketones is 1. The normalized spacial score (nSPS) is 14.4. The van der Waals surface area contributed by atoms with Gasteiger partial charge in [-0.1, -0.05) is 0 Å². The number of sulfonamides is 1. The highest BCUT2D eigenvalue weighted by Crippen LogP contribution is 2.38. The molecule has 0 atom stereocenters. The Morgan fingerprint density at radius 2 is 1.56 bits per heavy atom. The molecular weight excluding hydrogens is 440 g/mol. The molecule has 0 fully saturated rings. The average molecular weight is 458 g/mol. The van der Waals surface area contributed by atoms with E-state index in [1.807, 2.05) is 0 Å². The predicted molar refractivity (Wildman–Crippen MR) is 112 cm³/mol. The fourth-order valence-corrected chi connectivity index (χ4v) is 4.91. The first-order valence-electron chi connectivity index (χ1n) is 9.77. The Kier molecular flexibility index (Phi) is 4.48. The Balaban J connectivity index is 1.48. The Morgan fingerprint density at radius 1 is 0.969 bits per heavy atom. The van der Waals surface area contributed by atoms with Gasteiger partial charge in [0.2, 0.25) is 6.79 Å². The van der Waals surface area contributed by atoms with Gasteiger partial charge in [0, 0.05) is 24.7 Å². The number of Topliss-reactive ketones (excluding diaryl/α,β-unsaturated/α-hetero) is 1. The molecule has 32 heavy (non-hydrogen) atoms. The molecule has 0 saturated carbocycles. The highest BCUT2D eigenvalue weighted by atomic mass is 32.2. The van der Waals surface area contributed by atoms with Gasteiger partial charge in [0.05, 0.1) is 16.3 Å². The van der Waals surface area contributed by atoms with E-state index in [1.165, 1.54) is 52.7 Å². The van der Waals surface area contributed by atoms with Gasteiger partial charge in [0.1, 0.15) is 0 Å². The molecule has 2 aliphatic rings. The number of nitrogens with one attached hydrogen (secondary N) is 1. The van der Waals surface area contributed by atoms with Gasteiger partial charge in [-0.05, 0) is 43.7 Å². The number of benzene rings is 2. The summed E-state index contributed by atoms with van der Waals surface area (Å²) in [5.74, 6) is 0.335. The number of carbonyl (C=O) groups is 1. The summed E-state index contributed by atoms with van der Waals surface area (Å²) in [6, 6.07) is 8.18. The zero-order valence-electron chi connectivity index (χ0n) is 16.9. The summed E-state index contributed by atoms with van der Waals surface area (Å²) in [6.07, 6.45) is 0.719. The van der Waals surface area contributed by atoms with Gasteiger partial charge in [-0.2, -0.15) is 0 Å². The van der Waals surface area contributed by atoms with Gasteiger partial charge in [-0.15, -0.1) is 0 Å². The lowest BCUT2D eigenvalue weighted by atomic mass is 10.1. The molecule has 0 radical (unpaired) electrons. The third-order valence-corrected chi connectivity index (χ3v) is 6.78. The maximum absolute atomic E-state index is 12.9. The first-order valence-corrected chi connectivity index (χ1v) is 11.2. The van der Waals surface area contributed by atoms with Crippen LogP contribution in [0, 0.1) is 0 Å². The van der Waals surface area contributed by atoms with Crippen molar-refractivity contribution in [1.29, 1.82) is 0 Å². The minimum atomic E-state index is -4.08. The molecule has 166 valence electrons. The SMILES string of the molecule is CC(=O)c1cc2c(cc1NS(=O)(=O)c1ccc(-n3c(=O)n4n(c3=O)CCC4)cc1)OCO2. The summed E-state index contributed by atoms with van der Waals surface area (Å²) in [7, 11) is -4.08. The van der Waals surface area contributed by atoms with Crippen LogP contribution in [0.3, 0.4) is 0 Å². The van der Waals surface area contributed by atoms with Crippen LogP contribution in [0.15, 0.2) is 50.9 Å². The molecule has 5 rings (SSSR count). The topological polar surface area (TPSA) is 131 Å². The number of anilines is 1. The molecule has 2 aliphatic heterocycles. The van der Waals surface area contributed by atoms with Crippen molar-refractivity contribution in [1.82, 2.24) is 13.9 Å². The molecule has 0 unspecified atom stereocenters. The highest BCUT2D eigenvalue weighted by Gasteiger charge is 2.24. The molecule has 1 aromatic heterocycles. The number of hydrogen-bond acceptors (Lipinski definition) is 7. The van der Waals surface area contributed by atoms with Crippen molar-refractivity contribution < 1.29 is 22.7 Å². The summed E-state index contributed by atoms with van der Waals surface area (Å²) >= 11 is 0. The van der Waals surface area contributed by atoms with Crippen LogP contribution >= 0.6 is 0 Å². The minimum absolute atomic E-state index is 0.0207. The van der Waals surface area contributed by atoms with Crippen LogP contribution < -0.4 is 25.6 Å². The lowest BCUT2D eigenvalue weighted by Gasteiger charge is -2.12. The molecule has 11 nitrogen and oxygen atoms in total. The Labute approximate surface area is 181 Å². The van der Waals surface area contributed by atoms with E-state index in [9.17, 15) is 22.8 Å². The van der Waals surface area contributed by atoms with Gasteiger partial charge < -0.3 is 9.47 Å². The maximum Gasteiger partial charge on any atom is 0.351 e. The van der Waals surface area contributed by atoms with Crippen LogP contribution in [0.2, 0.25) is 0 Å². The highest BCUT2D eigenvalue weighted by molar-refractivity contribution is 7.92. The van der Waals surface area contributed by atoms with Crippen LogP contribution in [-0.2, 0) is 23.1 Å². The van der Waals surface area contributed by atoms with Gasteiger partial charge >= 0.3 is 11.4 Å². The van der Waals surface area contributed by atoms with E-state index >= 15 is 0 Å². The second kappa shape index (κ2) is 7.12. The summed E-state index contributed by atoms with van der Waals surface area (Å²) in [4.78, 5) is 37.0. The van der Waals surface area contributed by atoms with Crippen molar-refractivity contribution in [2.24, 2.45) is 0 Å². The zero-order valence-corrected chi connectivity index (χ0v) is 17.7. The molecule has 1 N–H and O–H groups in total. The molecule has 2 aromatic carbocycles. The van der Waals surface area contributed by atoms with Crippen molar-refractivity contribution in [3.8, 4) is 17.2 Å². The largest absolute Gasteiger partial charge is 0.454 e. The van der Waals surface area contributed by atoms with E-state index in [4.69, 9.17) is 9.47 Å². The monoisotopic (exact) mass is 458 g/mol. The number of fused-ring (bicyclic) bond motifs is 2. The molecule has 3 heterocycles. The summed E-state index contributed by atoms with van der Waals surface area (Å²) in [5.41, 5.74) is -0.470. The lowest BCUT2D eigenvalue weighted by molar-refractivity contribution is 0.101. The van der Waals surface area contributed by atoms with Crippen LogP contribution in [0.4, 0.5) is 5.69 Å². The van der Waals surface area contributed by atoms with Crippen molar-refractivity contribution in [2.45, 2.75) is 31.3 Å². The van der Waals surface area contributed by atoms with E-state index in [0.717, 1.165) is 11.0 Å². The molecule has 3 aromatic rings. The molecular formula is C20H18N4O7S. The van der Waals surface area contributed by atoms with E-state index in [-0.39, 0.29) is 34.4 Å². The maximum atomic E-state index is 12.9. The average Bonchev–Trinajstić information content (AvgIpc) is 3.46. The Bertz CT molecular complexity index is 1440. The van der Waals surface area contributed by atoms with E-state index < -0.39 is 21.4 Å². The minimum Gasteiger partial charge on any atom is -0.454 e. The van der Waals surface area contributed by atoms with Crippen molar-refractivity contribution >= 4 is 21.5 Å². The fourth-order valence-electron chi connectivity index (χ4n) is 3.84. The van der Waals surface area contributed by atoms with Crippen LogP contribution in [0.5, 0.6) is 11.5 Å². The summed E-state index contributed by atoms with van der Waals surface area (Å²) in [5, 5.41) is 0. The van der Waals surface area contributed by atoms with Gasteiger partial charge in [0.15, 0.2) is 17.3 Å². The number of ether oxygens (including phenoxy) is 2. The number of aromatic nitrogens is 3. The standard InChI is InChI=1S/C20H18N4O7S/c1-12(25)15-9-17-18(31-11-30-17)10-16(15)21-32(28,29)14-5-3-13(4-6-14)24-19(26)22-7-2-8-23(22)20(24)27/h3-6,9-10,21H,2,7-8,11H2,1H3. The van der Waals surface area contributed by atoms with E-state index in [1.54, 1.807) is 0 Å². The Morgan fingerprint density at radius 3 is 2.16 bits per heavy atom. The van der Waals surface area contributed by atoms with Crippen molar-refractivity contribution in [3.63, 3.8) is 0 Å². The second-order valence-corrected chi connectivity index (χ2v) is 9.09. The molecule has 0 aliphatic carbocycles. The molecule has 0 saturated heterocycles. The fraction of sp³-hybridized carbons (Fsp3) is 0.250. The first kappa shape index (κ1) is 20.1. The number of rotatable bonds is 5. The molecule has 12 heteroatoms. The predicted octanol–water partition coefficient (Wildman–Crippen LogP) is 0.936. The molecule has 0 bridgehead atoms. The first-order chi connectivity index (χ1) is 15.3. The van der Waals surface area contributed by atoms with E-state index in [2.05, 4.69) is 4.72 Å². The summed E-state index contributed by atoms with van der Waals surface area (Å²) in [6.45, 7) is 2.22. The lowest BCUT2D eigenvalue weighted by Crippen LogP contribution is -2.28.